The van der Waals surface area contributed by atoms with E-state index in [1.54, 1.807) is 0 Å². The molecule has 1 aliphatic carbocycles. The van der Waals surface area contributed by atoms with Crippen LogP contribution in [0.25, 0.3) is 0 Å². The second-order valence-electron chi connectivity index (χ2n) is 7.57. The minimum Gasteiger partial charge on any atom is -0.387 e. The monoisotopic (exact) mass is 440 g/mol. The summed E-state index contributed by atoms with van der Waals surface area (Å²) in [5, 5.41) is 14.3. The number of hydrogen-bond donors (Lipinski definition) is 2. The number of halogens is 1. The number of piperidine rings is 1. The van der Waals surface area contributed by atoms with Gasteiger partial charge in [-0.2, -0.15) is 0 Å². The summed E-state index contributed by atoms with van der Waals surface area (Å²) >= 11 is 3.48. The Bertz CT molecular complexity index is 798. The van der Waals surface area contributed by atoms with Crippen molar-refractivity contribution in [3.8, 4) is 0 Å². The number of hydrogen-bond acceptors (Lipinski definition) is 3. The number of aliphatic hydroxyl groups is 1. The van der Waals surface area contributed by atoms with Crippen LogP contribution < -0.4 is 5.32 Å². The van der Waals surface area contributed by atoms with Gasteiger partial charge in [0.05, 0.1) is 11.8 Å². The van der Waals surface area contributed by atoms with Gasteiger partial charge in [-0.25, -0.2) is 0 Å². The molecule has 1 saturated heterocycles. The summed E-state index contributed by atoms with van der Waals surface area (Å²) in [5.74, 6) is -0.0893. The Morgan fingerprint density at radius 1 is 1.25 bits per heavy atom. The predicted molar refractivity (Wildman–Crippen MR) is 122 cm³/mol. The van der Waals surface area contributed by atoms with Crippen LogP contribution in [-0.4, -0.2) is 29.5 Å². The maximum absolute atomic E-state index is 10.9. The van der Waals surface area contributed by atoms with E-state index in [1.807, 2.05) is 24.3 Å². The summed E-state index contributed by atoms with van der Waals surface area (Å²) in [6.45, 7) is 7.28. The normalized spacial score (nSPS) is 23.8. The lowest BCUT2D eigenvalue weighted by Gasteiger charge is -2.31. The van der Waals surface area contributed by atoms with Crippen molar-refractivity contribution in [2.24, 2.45) is 10.9 Å². The lowest BCUT2D eigenvalue weighted by molar-refractivity contribution is 0.138. The second kappa shape index (κ2) is 10.1. The zero-order chi connectivity index (χ0) is 19.9. The van der Waals surface area contributed by atoms with E-state index >= 15 is 0 Å². The predicted octanol–water partition coefficient (Wildman–Crippen LogP) is 5.14. The highest BCUT2D eigenvalue weighted by molar-refractivity contribution is 9.10. The molecule has 3 rings (SSSR count). The van der Waals surface area contributed by atoms with Crippen molar-refractivity contribution in [1.29, 1.82) is 0 Å². The molecular formula is C24H29BrN2O. The molecule has 2 N–H and O–H groups in total. The van der Waals surface area contributed by atoms with Gasteiger partial charge in [-0.15, -0.1) is 0 Å². The minimum absolute atomic E-state index is 0.0833. The number of nitrogens with zero attached hydrogens (tertiary/aromatic N) is 1. The van der Waals surface area contributed by atoms with Gasteiger partial charge in [0.1, 0.15) is 0 Å². The van der Waals surface area contributed by atoms with Crippen molar-refractivity contribution in [3.05, 3.63) is 82.5 Å². The summed E-state index contributed by atoms with van der Waals surface area (Å²) < 4.78 is 1.08. The van der Waals surface area contributed by atoms with E-state index in [9.17, 15) is 5.11 Å². The maximum atomic E-state index is 10.9. The van der Waals surface area contributed by atoms with E-state index in [-0.39, 0.29) is 12.0 Å². The Hall–Kier alpha value is -1.75. The molecule has 1 aromatic carbocycles. The molecule has 0 amide bonds. The van der Waals surface area contributed by atoms with Gasteiger partial charge >= 0.3 is 0 Å². The van der Waals surface area contributed by atoms with Gasteiger partial charge in [-0.1, -0.05) is 65.4 Å². The Morgan fingerprint density at radius 3 is 2.75 bits per heavy atom. The molecule has 0 bridgehead atoms. The summed E-state index contributed by atoms with van der Waals surface area (Å²) in [6, 6.07) is 8.41. The molecule has 1 fully saturated rings. The molecule has 2 aliphatic rings. The van der Waals surface area contributed by atoms with E-state index in [0.717, 1.165) is 47.3 Å². The fourth-order valence-corrected chi connectivity index (χ4v) is 4.03. The molecule has 4 heteroatoms. The number of aliphatic imine (C=N–C) groups is 1. The van der Waals surface area contributed by atoms with Crippen molar-refractivity contribution in [3.63, 3.8) is 0 Å². The lowest BCUT2D eigenvalue weighted by atomic mass is 9.86. The minimum atomic E-state index is -0.571. The molecule has 1 heterocycles. The molecule has 3 nitrogen and oxygen atoms in total. The van der Waals surface area contributed by atoms with Crippen LogP contribution in [0.1, 0.15) is 31.7 Å². The summed E-state index contributed by atoms with van der Waals surface area (Å²) in [6.07, 6.45) is 13.7. The highest BCUT2D eigenvalue weighted by Crippen LogP contribution is 2.29. The Labute approximate surface area is 176 Å². The fourth-order valence-electron chi connectivity index (χ4n) is 3.76. The average molecular weight is 441 g/mol. The van der Waals surface area contributed by atoms with E-state index < -0.39 is 6.10 Å². The molecular weight excluding hydrogens is 412 g/mol. The molecule has 0 aromatic heterocycles. The SMILES string of the molecule is C=C(C1C=CC=CC=C1/N=C(\C)Cc1ccc(Br)cc1)C(O)C1CCCCN1. The van der Waals surface area contributed by atoms with E-state index in [1.165, 1.54) is 12.0 Å². The fraction of sp³-hybridized carbons (Fsp3) is 0.375. The number of nitrogens with one attached hydrogen (secondary N) is 1. The zero-order valence-electron chi connectivity index (χ0n) is 16.4. The van der Waals surface area contributed by atoms with Gasteiger partial charge in [0.2, 0.25) is 0 Å². The maximum Gasteiger partial charge on any atom is 0.0910 e. The largest absolute Gasteiger partial charge is 0.387 e. The van der Waals surface area contributed by atoms with Gasteiger partial charge in [0.25, 0.3) is 0 Å². The Morgan fingerprint density at radius 2 is 2.04 bits per heavy atom. The van der Waals surface area contributed by atoms with Crippen molar-refractivity contribution in [1.82, 2.24) is 5.32 Å². The summed E-state index contributed by atoms with van der Waals surface area (Å²) in [5.41, 5.74) is 4.01. The third kappa shape index (κ3) is 5.63. The van der Waals surface area contributed by atoms with Gasteiger partial charge in [0, 0.05) is 28.6 Å². The van der Waals surface area contributed by atoms with Crippen LogP contribution >= 0.6 is 15.9 Å². The van der Waals surface area contributed by atoms with Gasteiger partial charge in [-0.05, 0) is 55.7 Å². The zero-order valence-corrected chi connectivity index (χ0v) is 18.0. The molecule has 148 valence electrons. The van der Waals surface area contributed by atoms with Crippen LogP contribution in [0.4, 0.5) is 0 Å². The topological polar surface area (TPSA) is 44.6 Å². The van der Waals surface area contributed by atoms with Crippen LogP contribution in [0.15, 0.2) is 82.0 Å². The number of aliphatic hydroxyl groups excluding tert-OH is 1. The molecule has 0 saturated carbocycles. The molecule has 28 heavy (non-hydrogen) atoms. The molecule has 3 atom stereocenters. The van der Waals surface area contributed by atoms with Crippen LogP contribution in [0.2, 0.25) is 0 Å². The standard InChI is InChI=1S/C24H29BrN2O/c1-17(16-19-11-13-20(25)14-12-19)27-22-9-5-3-4-8-21(22)18(2)24(28)23-10-6-7-15-26-23/h3-5,8-9,11-14,21,23-24,26,28H,2,6-7,10,15-16H2,1H3/b27-17+. The smallest absolute Gasteiger partial charge is 0.0910 e. The quantitative estimate of drug-likeness (QED) is 0.475. The van der Waals surface area contributed by atoms with Crippen molar-refractivity contribution in [2.45, 2.75) is 44.8 Å². The molecule has 0 radical (unpaired) electrons. The van der Waals surface area contributed by atoms with Crippen molar-refractivity contribution in [2.75, 3.05) is 6.54 Å². The highest BCUT2D eigenvalue weighted by atomic mass is 79.9. The number of rotatable bonds is 6. The Kier molecular flexibility index (Phi) is 7.60. The van der Waals surface area contributed by atoms with E-state index in [2.05, 4.69) is 65.1 Å². The van der Waals surface area contributed by atoms with Crippen LogP contribution in [0, 0.1) is 5.92 Å². The second-order valence-corrected chi connectivity index (χ2v) is 8.48. The van der Waals surface area contributed by atoms with Crippen LogP contribution in [0.5, 0.6) is 0 Å². The first-order chi connectivity index (χ1) is 13.5. The molecule has 3 unspecified atom stereocenters. The average Bonchev–Trinajstić information content (AvgIpc) is 2.94. The lowest BCUT2D eigenvalue weighted by Crippen LogP contribution is -2.44. The van der Waals surface area contributed by atoms with Crippen LogP contribution in [-0.2, 0) is 6.42 Å². The first-order valence-corrected chi connectivity index (χ1v) is 10.8. The van der Waals surface area contributed by atoms with Gasteiger partial charge in [0.15, 0.2) is 0 Å². The Balaban J connectivity index is 1.75. The number of benzene rings is 1. The molecule has 1 aliphatic heterocycles. The van der Waals surface area contributed by atoms with Crippen molar-refractivity contribution >= 4 is 21.6 Å². The summed E-state index contributed by atoms with van der Waals surface area (Å²) in [4.78, 5) is 4.91. The van der Waals surface area contributed by atoms with Gasteiger partial charge in [-0.3, -0.25) is 4.99 Å². The third-order valence-corrected chi connectivity index (χ3v) is 5.84. The van der Waals surface area contributed by atoms with Crippen molar-refractivity contribution < 1.29 is 5.11 Å². The molecule has 1 aromatic rings. The van der Waals surface area contributed by atoms with Crippen LogP contribution in [0.3, 0.4) is 0 Å². The number of allylic oxidation sites excluding steroid dienone is 5. The highest BCUT2D eigenvalue weighted by Gasteiger charge is 2.28. The van der Waals surface area contributed by atoms with E-state index in [4.69, 9.17) is 4.99 Å². The first kappa shape index (κ1) is 21.0. The summed E-state index contributed by atoms with van der Waals surface area (Å²) in [7, 11) is 0. The van der Waals surface area contributed by atoms with E-state index in [0.29, 0.717) is 0 Å². The molecule has 0 spiro atoms. The van der Waals surface area contributed by atoms with Gasteiger partial charge < -0.3 is 10.4 Å². The first-order valence-electron chi connectivity index (χ1n) is 9.98. The third-order valence-electron chi connectivity index (χ3n) is 5.31.